The minimum absolute atomic E-state index is 0.294. The molecule has 0 aromatic heterocycles. The summed E-state index contributed by atoms with van der Waals surface area (Å²) in [7, 11) is 0. The van der Waals surface area contributed by atoms with Gasteiger partial charge in [0.15, 0.2) is 0 Å². The smallest absolute Gasteiger partial charge is 0.135 e. The number of rotatable bonds is 2. The number of hydrogen-bond donors (Lipinski definition) is 1. The highest BCUT2D eigenvalue weighted by Gasteiger charge is 2.22. The number of aryl methyl sites for hydroxylation is 2. The lowest BCUT2D eigenvalue weighted by molar-refractivity contribution is 0.208. The van der Waals surface area contributed by atoms with Crippen molar-refractivity contribution < 1.29 is 13.9 Å². The van der Waals surface area contributed by atoms with Crippen molar-refractivity contribution >= 4 is 11.6 Å². The Morgan fingerprint density at radius 2 is 1.74 bits per heavy atom. The molecule has 1 N–H and O–H groups in total. The Morgan fingerprint density at radius 1 is 1.05 bits per heavy atom. The van der Waals surface area contributed by atoms with Crippen molar-refractivity contribution in [2.45, 2.75) is 20.0 Å². The van der Waals surface area contributed by atoms with Crippen molar-refractivity contribution in [3.05, 3.63) is 69.2 Å². The molecule has 100 valence electrons. The summed E-state index contributed by atoms with van der Waals surface area (Å²) in [5.41, 5.74) is 1.08. The Balaban J connectivity index is 2.56. The lowest BCUT2D eigenvalue weighted by atomic mass is 9.95. The molecular formula is C15H13ClF2O. The SMILES string of the molecule is Cc1cc(Cl)ccc1C(O)c1c(F)ccc(C)c1F. The van der Waals surface area contributed by atoms with Gasteiger partial charge in [-0.15, -0.1) is 0 Å². The zero-order chi connectivity index (χ0) is 14.2. The highest BCUT2D eigenvalue weighted by molar-refractivity contribution is 6.30. The van der Waals surface area contributed by atoms with Crippen LogP contribution in [0.1, 0.15) is 28.4 Å². The molecule has 4 heteroatoms. The zero-order valence-corrected chi connectivity index (χ0v) is 11.3. The third-order valence-electron chi connectivity index (χ3n) is 3.12. The van der Waals surface area contributed by atoms with Crippen LogP contribution in [0.4, 0.5) is 8.78 Å². The molecule has 0 saturated carbocycles. The molecule has 0 aliphatic carbocycles. The maximum Gasteiger partial charge on any atom is 0.135 e. The van der Waals surface area contributed by atoms with E-state index in [1.165, 1.54) is 13.0 Å². The first kappa shape index (κ1) is 14.0. The monoisotopic (exact) mass is 282 g/mol. The fourth-order valence-corrected chi connectivity index (χ4v) is 2.26. The summed E-state index contributed by atoms with van der Waals surface area (Å²) in [6, 6.07) is 7.30. The first-order valence-electron chi connectivity index (χ1n) is 5.80. The van der Waals surface area contributed by atoms with Gasteiger partial charge in [-0.1, -0.05) is 23.7 Å². The van der Waals surface area contributed by atoms with Gasteiger partial charge in [-0.3, -0.25) is 0 Å². The van der Waals surface area contributed by atoms with Gasteiger partial charge in [0.25, 0.3) is 0 Å². The van der Waals surface area contributed by atoms with Crippen LogP contribution in [-0.2, 0) is 0 Å². The van der Waals surface area contributed by atoms with E-state index in [0.29, 0.717) is 21.7 Å². The summed E-state index contributed by atoms with van der Waals surface area (Å²) in [5, 5.41) is 10.7. The van der Waals surface area contributed by atoms with Crippen molar-refractivity contribution in [2.75, 3.05) is 0 Å². The molecule has 1 nitrogen and oxygen atoms in total. The van der Waals surface area contributed by atoms with Gasteiger partial charge >= 0.3 is 0 Å². The first-order valence-corrected chi connectivity index (χ1v) is 6.18. The van der Waals surface area contributed by atoms with Crippen molar-refractivity contribution in [3.63, 3.8) is 0 Å². The molecule has 0 heterocycles. The summed E-state index contributed by atoms with van der Waals surface area (Å²) < 4.78 is 27.7. The Morgan fingerprint density at radius 3 is 2.37 bits per heavy atom. The van der Waals surface area contributed by atoms with E-state index in [0.717, 1.165) is 6.07 Å². The lowest BCUT2D eigenvalue weighted by Crippen LogP contribution is -2.08. The van der Waals surface area contributed by atoms with Gasteiger partial charge in [-0.05, 0) is 48.7 Å². The number of aliphatic hydroxyl groups excluding tert-OH is 1. The van der Waals surface area contributed by atoms with Crippen LogP contribution in [0.25, 0.3) is 0 Å². The Bertz CT molecular complexity index is 626. The fraction of sp³-hybridized carbons (Fsp3) is 0.200. The van der Waals surface area contributed by atoms with E-state index in [-0.39, 0.29) is 5.56 Å². The molecule has 0 spiro atoms. The van der Waals surface area contributed by atoms with E-state index in [9.17, 15) is 13.9 Å². The van der Waals surface area contributed by atoms with E-state index < -0.39 is 17.7 Å². The molecule has 0 bridgehead atoms. The summed E-state index contributed by atoms with van der Waals surface area (Å²) in [6.07, 6.45) is -1.35. The number of aliphatic hydroxyl groups is 1. The highest BCUT2D eigenvalue weighted by atomic mass is 35.5. The topological polar surface area (TPSA) is 20.2 Å². The van der Waals surface area contributed by atoms with Gasteiger partial charge in [0.05, 0.1) is 5.56 Å². The van der Waals surface area contributed by atoms with E-state index in [4.69, 9.17) is 11.6 Å². The van der Waals surface area contributed by atoms with E-state index in [1.54, 1.807) is 25.1 Å². The van der Waals surface area contributed by atoms with Gasteiger partial charge in [-0.25, -0.2) is 8.78 Å². The molecule has 19 heavy (non-hydrogen) atoms. The van der Waals surface area contributed by atoms with Crippen molar-refractivity contribution in [3.8, 4) is 0 Å². The lowest BCUT2D eigenvalue weighted by Gasteiger charge is -2.16. The van der Waals surface area contributed by atoms with Crippen molar-refractivity contribution in [1.82, 2.24) is 0 Å². The molecule has 2 aromatic carbocycles. The first-order chi connectivity index (χ1) is 8.91. The van der Waals surface area contributed by atoms with Crippen LogP contribution in [0.5, 0.6) is 0 Å². The van der Waals surface area contributed by atoms with Crippen LogP contribution in [-0.4, -0.2) is 5.11 Å². The summed E-state index contributed by atoms with van der Waals surface area (Å²) in [5.74, 6) is -1.48. The zero-order valence-electron chi connectivity index (χ0n) is 10.5. The molecule has 2 rings (SSSR count). The Hall–Kier alpha value is -1.45. The van der Waals surface area contributed by atoms with Crippen LogP contribution in [0.3, 0.4) is 0 Å². The number of halogens is 3. The summed E-state index contributed by atoms with van der Waals surface area (Å²) in [4.78, 5) is 0. The normalized spacial score (nSPS) is 12.5. The molecule has 0 fully saturated rings. The molecule has 0 aliphatic heterocycles. The molecule has 0 saturated heterocycles. The summed E-state index contributed by atoms with van der Waals surface area (Å²) >= 11 is 5.83. The van der Waals surface area contributed by atoms with Gasteiger partial charge in [-0.2, -0.15) is 0 Å². The maximum atomic E-state index is 14.0. The third kappa shape index (κ3) is 2.62. The molecule has 0 radical (unpaired) electrons. The Labute approximate surface area is 115 Å². The minimum atomic E-state index is -1.35. The predicted octanol–water partition coefficient (Wildman–Crippen LogP) is 4.32. The average Bonchev–Trinajstić information content (AvgIpc) is 2.34. The molecule has 1 atom stereocenters. The second kappa shape index (κ2) is 5.27. The Kier molecular flexibility index (Phi) is 3.88. The predicted molar refractivity (Wildman–Crippen MR) is 71.3 cm³/mol. The summed E-state index contributed by atoms with van der Waals surface area (Å²) in [6.45, 7) is 3.26. The van der Waals surface area contributed by atoms with Gasteiger partial charge in [0, 0.05) is 5.02 Å². The van der Waals surface area contributed by atoms with Crippen LogP contribution >= 0.6 is 11.6 Å². The highest BCUT2D eigenvalue weighted by Crippen LogP contribution is 2.31. The largest absolute Gasteiger partial charge is 0.383 e. The second-order valence-electron chi connectivity index (χ2n) is 4.50. The quantitative estimate of drug-likeness (QED) is 0.870. The van der Waals surface area contributed by atoms with E-state index >= 15 is 0 Å². The molecule has 0 aliphatic rings. The average molecular weight is 283 g/mol. The van der Waals surface area contributed by atoms with E-state index in [2.05, 4.69) is 0 Å². The third-order valence-corrected chi connectivity index (χ3v) is 3.35. The molecule has 2 aromatic rings. The van der Waals surface area contributed by atoms with Gasteiger partial charge in [0.1, 0.15) is 17.7 Å². The van der Waals surface area contributed by atoms with E-state index in [1.807, 2.05) is 0 Å². The number of benzene rings is 2. The fourth-order valence-electron chi connectivity index (χ4n) is 2.03. The van der Waals surface area contributed by atoms with Crippen LogP contribution in [0.15, 0.2) is 30.3 Å². The molecular weight excluding hydrogens is 270 g/mol. The second-order valence-corrected chi connectivity index (χ2v) is 4.93. The minimum Gasteiger partial charge on any atom is -0.383 e. The van der Waals surface area contributed by atoms with Crippen molar-refractivity contribution in [2.24, 2.45) is 0 Å². The molecule has 0 amide bonds. The van der Waals surface area contributed by atoms with Gasteiger partial charge < -0.3 is 5.11 Å². The standard InChI is InChI=1S/C15H13ClF2O/c1-8-3-6-12(17)13(14(8)18)15(19)11-5-4-10(16)7-9(11)2/h3-7,15,19H,1-2H3. The van der Waals surface area contributed by atoms with Crippen LogP contribution < -0.4 is 0 Å². The van der Waals surface area contributed by atoms with Crippen LogP contribution in [0, 0.1) is 25.5 Å². The van der Waals surface area contributed by atoms with Gasteiger partial charge in [0.2, 0.25) is 0 Å². The maximum absolute atomic E-state index is 14.0. The number of hydrogen-bond acceptors (Lipinski definition) is 1. The van der Waals surface area contributed by atoms with Crippen molar-refractivity contribution in [1.29, 1.82) is 0 Å². The van der Waals surface area contributed by atoms with Crippen LogP contribution in [0.2, 0.25) is 5.02 Å². The molecule has 1 unspecified atom stereocenters.